The van der Waals surface area contributed by atoms with Crippen LogP contribution in [0.2, 0.25) is 0 Å². The topological polar surface area (TPSA) is 52.7 Å². The lowest BCUT2D eigenvalue weighted by Gasteiger charge is -2.33. The number of aryl methyl sites for hydroxylation is 1. The van der Waals surface area contributed by atoms with E-state index in [1.165, 1.54) is 5.56 Å². The molecule has 2 heterocycles. The van der Waals surface area contributed by atoms with Crippen molar-refractivity contribution in [2.45, 2.75) is 38.3 Å². The number of carbonyl (C=O) groups is 2. The molecule has 0 aromatic heterocycles. The fourth-order valence-electron chi connectivity index (χ4n) is 4.08. The van der Waals surface area contributed by atoms with Crippen molar-refractivity contribution >= 4 is 11.8 Å². The van der Waals surface area contributed by atoms with Crippen LogP contribution in [-0.4, -0.2) is 54.3 Å². The predicted molar refractivity (Wildman–Crippen MR) is 103 cm³/mol. The van der Waals surface area contributed by atoms with Crippen LogP contribution < -0.4 is 5.32 Å². The Bertz CT molecular complexity index is 662. The minimum absolute atomic E-state index is 0.00967. The summed E-state index contributed by atoms with van der Waals surface area (Å²) < 4.78 is 0. The molecule has 0 radical (unpaired) electrons. The van der Waals surface area contributed by atoms with E-state index in [0.29, 0.717) is 0 Å². The lowest BCUT2D eigenvalue weighted by molar-refractivity contribution is -0.128. The zero-order chi connectivity index (χ0) is 18.7. The number of carbonyl (C=O) groups excluding carboxylic acids is 2. The van der Waals surface area contributed by atoms with Gasteiger partial charge in [0.25, 0.3) is 0 Å². The van der Waals surface area contributed by atoms with Crippen LogP contribution in [0.1, 0.15) is 36.4 Å². The van der Waals surface area contributed by atoms with Crippen molar-refractivity contribution < 1.29 is 9.59 Å². The number of hydrogen-bond acceptors (Lipinski definition) is 3. The van der Waals surface area contributed by atoms with E-state index in [-0.39, 0.29) is 36.2 Å². The van der Waals surface area contributed by atoms with Crippen LogP contribution >= 0.6 is 0 Å². The van der Waals surface area contributed by atoms with Crippen LogP contribution in [0.5, 0.6) is 0 Å². The molecule has 5 heteroatoms. The smallest absolute Gasteiger partial charge is 0.226 e. The van der Waals surface area contributed by atoms with Gasteiger partial charge in [0.2, 0.25) is 11.8 Å². The Morgan fingerprint density at radius 2 is 1.92 bits per heavy atom. The predicted octanol–water partition coefficient (Wildman–Crippen LogP) is 2.28. The van der Waals surface area contributed by atoms with Crippen LogP contribution in [-0.2, 0) is 9.59 Å². The number of benzene rings is 1. The first kappa shape index (κ1) is 18.6. The number of piperidine rings is 1. The monoisotopic (exact) mass is 355 g/mol. The van der Waals surface area contributed by atoms with Gasteiger partial charge < -0.3 is 10.2 Å². The molecule has 0 bridgehead atoms. The molecule has 2 aliphatic rings. The fourth-order valence-corrected chi connectivity index (χ4v) is 4.08. The molecular weight excluding hydrogens is 326 g/mol. The summed E-state index contributed by atoms with van der Waals surface area (Å²) in [7, 11) is 1.80. The highest BCUT2D eigenvalue weighted by Crippen LogP contribution is 2.37. The summed E-state index contributed by atoms with van der Waals surface area (Å²) in [5.74, 6) is -0.270. The first-order chi connectivity index (χ1) is 12.5. The molecule has 1 aromatic carbocycles. The maximum atomic E-state index is 12.9. The van der Waals surface area contributed by atoms with Gasteiger partial charge in [0.1, 0.15) is 0 Å². The molecule has 5 nitrogen and oxygen atoms in total. The third-order valence-electron chi connectivity index (χ3n) is 5.66. The second kappa shape index (κ2) is 8.04. The average molecular weight is 355 g/mol. The van der Waals surface area contributed by atoms with Gasteiger partial charge >= 0.3 is 0 Å². The third-order valence-corrected chi connectivity index (χ3v) is 5.66. The molecule has 2 atom stereocenters. The first-order valence-corrected chi connectivity index (χ1v) is 9.45. The molecular formula is C21H29N3O2. The van der Waals surface area contributed by atoms with Gasteiger partial charge in [0.05, 0.1) is 12.0 Å². The first-order valence-electron chi connectivity index (χ1n) is 9.45. The summed E-state index contributed by atoms with van der Waals surface area (Å²) in [5, 5.41) is 3.21. The SMILES string of the molecule is C=CCN1CCC(NC(=O)C2CC(=O)N(C)C2c2ccc(C)cc2)CC1. The van der Waals surface area contributed by atoms with E-state index >= 15 is 0 Å². The van der Waals surface area contributed by atoms with E-state index in [9.17, 15) is 9.59 Å². The normalized spacial score (nSPS) is 24.7. The molecule has 0 saturated carbocycles. The van der Waals surface area contributed by atoms with Crippen LogP contribution in [0, 0.1) is 12.8 Å². The Kier molecular flexibility index (Phi) is 5.77. The molecule has 1 N–H and O–H groups in total. The Morgan fingerprint density at radius 1 is 1.27 bits per heavy atom. The van der Waals surface area contributed by atoms with Crippen molar-refractivity contribution in [3.63, 3.8) is 0 Å². The van der Waals surface area contributed by atoms with Crippen molar-refractivity contribution in [1.82, 2.24) is 15.1 Å². The van der Waals surface area contributed by atoms with Gasteiger partial charge in [-0.15, -0.1) is 6.58 Å². The number of nitrogens with zero attached hydrogens (tertiary/aromatic N) is 2. The van der Waals surface area contributed by atoms with Gasteiger partial charge in [-0.25, -0.2) is 0 Å². The summed E-state index contributed by atoms with van der Waals surface area (Å²) in [6, 6.07) is 8.16. The van der Waals surface area contributed by atoms with Crippen molar-refractivity contribution in [3.8, 4) is 0 Å². The molecule has 2 aliphatic heterocycles. The van der Waals surface area contributed by atoms with Gasteiger partial charge in [0, 0.05) is 39.1 Å². The number of likely N-dealkylation sites (tertiary alicyclic amines) is 2. The molecule has 2 fully saturated rings. The number of hydrogen-bond donors (Lipinski definition) is 1. The summed E-state index contributed by atoms with van der Waals surface area (Å²) in [6.45, 7) is 8.67. The van der Waals surface area contributed by atoms with Crippen molar-refractivity contribution in [1.29, 1.82) is 0 Å². The van der Waals surface area contributed by atoms with Gasteiger partial charge in [-0.3, -0.25) is 14.5 Å². The number of amides is 2. The number of nitrogens with one attached hydrogen (secondary N) is 1. The van der Waals surface area contributed by atoms with E-state index < -0.39 is 0 Å². The van der Waals surface area contributed by atoms with Crippen LogP contribution in [0.4, 0.5) is 0 Å². The Morgan fingerprint density at radius 3 is 2.54 bits per heavy atom. The van der Waals surface area contributed by atoms with Crippen LogP contribution in [0.3, 0.4) is 0 Å². The van der Waals surface area contributed by atoms with E-state index in [0.717, 1.165) is 38.0 Å². The quantitative estimate of drug-likeness (QED) is 0.825. The third kappa shape index (κ3) is 3.98. The fraction of sp³-hybridized carbons (Fsp3) is 0.524. The number of rotatable bonds is 5. The lowest BCUT2D eigenvalue weighted by Crippen LogP contribution is -2.47. The van der Waals surface area contributed by atoms with Crippen molar-refractivity contribution in [2.75, 3.05) is 26.7 Å². The Balaban J connectivity index is 1.66. The highest BCUT2D eigenvalue weighted by Gasteiger charge is 2.43. The van der Waals surface area contributed by atoms with E-state index in [2.05, 4.69) is 16.8 Å². The van der Waals surface area contributed by atoms with Gasteiger partial charge in [0.15, 0.2) is 0 Å². The van der Waals surface area contributed by atoms with Gasteiger partial charge in [-0.1, -0.05) is 35.9 Å². The maximum Gasteiger partial charge on any atom is 0.226 e. The molecule has 1 aromatic rings. The zero-order valence-electron chi connectivity index (χ0n) is 15.8. The van der Waals surface area contributed by atoms with Crippen LogP contribution in [0.25, 0.3) is 0 Å². The van der Waals surface area contributed by atoms with Crippen molar-refractivity contribution in [3.05, 3.63) is 48.0 Å². The van der Waals surface area contributed by atoms with Gasteiger partial charge in [-0.2, -0.15) is 0 Å². The molecule has 2 saturated heterocycles. The molecule has 2 amide bonds. The molecule has 2 unspecified atom stereocenters. The summed E-state index contributed by atoms with van der Waals surface area (Å²) in [4.78, 5) is 29.3. The standard InChI is InChI=1S/C21H29N3O2/c1-4-11-24-12-9-17(10-13-24)22-21(26)18-14-19(25)23(3)20(18)16-7-5-15(2)6-8-16/h4-8,17-18,20H,1,9-14H2,2-3H3,(H,22,26). The highest BCUT2D eigenvalue weighted by atomic mass is 16.2. The average Bonchev–Trinajstić information content (AvgIpc) is 2.93. The maximum absolute atomic E-state index is 12.9. The summed E-state index contributed by atoms with van der Waals surface area (Å²) in [6.07, 6.45) is 4.11. The molecule has 140 valence electrons. The second-order valence-corrected chi connectivity index (χ2v) is 7.54. The summed E-state index contributed by atoms with van der Waals surface area (Å²) >= 11 is 0. The summed E-state index contributed by atoms with van der Waals surface area (Å²) in [5.41, 5.74) is 2.21. The van der Waals surface area contributed by atoms with Crippen LogP contribution in [0.15, 0.2) is 36.9 Å². The van der Waals surface area contributed by atoms with Crippen molar-refractivity contribution in [2.24, 2.45) is 5.92 Å². The molecule has 26 heavy (non-hydrogen) atoms. The highest BCUT2D eigenvalue weighted by molar-refractivity contribution is 5.90. The second-order valence-electron chi connectivity index (χ2n) is 7.54. The minimum Gasteiger partial charge on any atom is -0.353 e. The van der Waals surface area contributed by atoms with Gasteiger partial charge in [-0.05, 0) is 25.3 Å². The lowest BCUT2D eigenvalue weighted by atomic mass is 9.91. The molecule has 0 spiro atoms. The Labute approximate surface area is 156 Å². The molecule has 0 aliphatic carbocycles. The van der Waals surface area contributed by atoms with E-state index in [1.807, 2.05) is 37.3 Å². The largest absolute Gasteiger partial charge is 0.353 e. The zero-order valence-corrected chi connectivity index (χ0v) is 15.8. The molecule has 3 rings (SSSR count). The van der Waals surface area contributed by atoms with E-state index in [4.69, 9.17) is 0 Å². The van der Waals surface area contributed by atoms with E-state index in [1.54, 1.807) is 11.9 Å². The minimum atomic E-state index is -0.318. The Hall–Kier alpha value is -2.14.